The Morgan fingerprint density at radius 3 is 2.32 bits per heavy atom. The molecule has 1 N–H and O–H groups in total. The highest BCUT2D eigenvalue weighted by Gasteiger charge is 2.39. The number of rotatable bonds is 2. The van der Waals surface area contributed by atoms with Crippen LogP contribution < -0.4 is 4.90 Å². The van der Waals surface area contributed by atoms with Crippen LogP contribution in [0.3, 0.4) is 0 Å². The summed E-state index contributed by atoms with van der Waals surface area (Å²) in [6, 6.07) is 4.38. The first kappa shape index (κ1) is 15.3. The maximum Gasteiger partial charge on any atom is 0.416 e. The van der Waals surface area contributed by atoms with E-state index in [1.807, 2.05) is 4.90 Å². The fourth-order valence-corrected chi connectivity index (χ4v) is 3.14. The van der Waals surface area contributed by atoms with Crippen molar-refractivity contribution in [3.63, 3.8) is 0 Å². The number of carbonyl (C=O) groups excluding carboxylic acids is 1. The summed E-state index contributed by atoms with van der Waals surface area (Å²) >= 11 is 0. The zero-order chi connectivity index (χ0) is 15.9. The second-order valence-electron chi connectivity index (χ2n) is 5.78. The highest BCUT2D eigenvalue weighted by Crippen LogP contribution is 2.32. The molecule has 0 radical (unpaired) electrons. The van der Waals surface area contributed by atoms with E-state index in [0.717, 1.165) is 12.1 Å². The van der Waals surface area contributed by atoms with E-state index in [2.05, 4.69) is 0 Å². The Hall–Kier alpha value is -1.60. The van der Waals surface area contributed by atoms with E-state index in [9.17, 15) is 23.1 Å². The van der Waals surface area contributed by atoms with Gasteiger partial charge < -0.3 is 10.0 Å². The number of anilines is 1. The number of aliphatic hydroxyl groups is 1. The Morgan fingerprint density at radius 2 is 1.77 bits per heavy atom. The Bertz CT molecular complexity index is 559. The summed E-state index contributed by atoms with van der Waals surface area (Å²) in [6.45, 7) is 1.65. The first-order valence-corrected chi connectivity index (χ1v) is 7.27. The minimum atomic E-state index is -4.37. The Kier molecular flexibility index (Phi) is 3.86. The molecule has 1 aromatic carbocycles. The topological polar surface area (TPSA) is 43.8 Å². The first-order valence-electron chi connectivity index (χ1n) is 7.27. The highest BCUT2D eigenvalue weighted by molar-refractivity contribution is 5.99. The molecule has 0 aromatic heterocycles. The summed E-state index contributed by atoms with van der Waals surface area (Å²) in [5, 5.41) is 9.56. The predicted octanol–water partition coefficient (Wildman–Crippen LogP) is 1.88. The van der Waals surface area contributed by atoms with Gasteiger partial charge in [0.15, 0.2) is 0 Å². The van der Waals surface area contributed by atoms with Gasteiger partial charge in [0.1, 0.15) is 0 Å². The molecule has 22 heavy (non-hydrogen) atoms. The summed E-state index contributed by atoms with van der Waals surface area (Å²) in [4.78, 5) is 15.9. The predicted molar refractivity (Wildman–Crippen MR) is 74.4 cm³/mol. The molecule has 2 aliphatic rings. The van der Waals surface area contributed by atoms with Gasteiger partial charge in [-0.1, -0.05) is 0 Å². The summed E-state index contributed by atoms with van der Waals surface area (Å²) < 4.78 is 37.7. The van der Waals surface area contributed by atoms with Crippen LogP contribution in [0.2, 0.25) is 0 Å². The van der Waals surface area contributed by atoms with Crippen molar-refractivity contribution in [1.29, 1.82) is 0 Å². The Labute approximate surface area is 126 Å². The number of hydrogen-bond acceptors (Lipinski definition) is 3. The van der Waals surface area contributed by atoms with Crippen molar-refractivity contribution in [3.05, 3.63) is 29.8 Å². The minimum Gasteiger partial charge on any atom is -0.392 e. The number of hydrogen-bond donors (Lipinski definition) is 1. The molecule has 0 saturated carbocycles. The van der Waals surface area contributed by atoms with Gasteiger partial charge in [-0.2, -0.15) is 13.2 Å². The van der Waals surface area contributed by atoms with E-state index in [1.165, 1.54) is 17.0 Å². The van der Waals surface area contributed by atoms with Crippen molar-refractivity contribution in [1.82, 2.24) is 4.90 Å². The molecule has 2 aliphatic heterocycles. The minimum absolute atomic E-state index is 0.103. The number of aliphatic hydroxyl groups excluding tert-OH is 1. The number of alkyl halides is 3. The summed E-state index contributed by atoms with van der Waals surface area (Å²) in [6.07, 6.45) is -3.48. The lowest BCUT2D eigenvalue weighted by atomic mass is 10.2. The molecule has 0 spiro atoms. The first-order chi connectivity index (χ1) is 10.4. The van der Waals surface area contributed by atoms with Gasteiger partial charge in [-0.25, -0.2) is 0 Å². The van der Waals surface area contributed by atoms with Crippen LogP contribution in [0, 0.1) is 0 Å². The summed E-state index contributed by atoms with van der Waals surface area (Å²) in [5.74, 6) is -0.103. The van der Waals surface area contributed by atoms with Crippen molar-refractivity contribution in [2.75, 3.05) is 24.5 Å². The zero-order valence-electron chi connectivity index (χ0n) is 11.9. The van der Waals surface area contributed by atoms with Crippen LogP contribution in [0.15, 0.2) is 24.3 Å². The number of halogens is 3. The maximum atomic E-state index is 12.6. The monoisotopic (exact) mass is 314 g/mol. The number of benzene rings is 1. The molecule has 2 saturated heterocycles. The Morgan fingerprint density at radius 1 is 1.09 bits per heavy atom. The average molecular weight is 314 g/mol. The lowest BCUT2D eigenvalue weighted by Gasteiger charge is -2.23. The molecule has 2 atom stereocenters. The van der Waals surface area contributed by atoms with Crippen molar-refractivity contribution in [2.45, 2.75) is 31.2 Å². The van der Waals surface area contributed by atoms with Gasteiger partial charge in [-0.05, 0) is 37.1 Å². The normalized spacial score (nSPS) is 26.9. The van der Waals surface area contributed by atoms with Crippen LogP contribution in [0.25, 0.3) is 0 Å². The molecular formula is C15H17F3N2O2. The van der Waals surface area contributed by atoms with Gasteiger partial charge in [-0.15, -0.1) is 0 Å². The van der Waals surface area contributed by atoms with E-state index in [0.29, 0.717) is 38.2 Å². The second-order valence-corrected chi connectivity index (χ2v) is 5.78. The zero-order valence-corrected chi connectivity index (χ0v) is 11.9. The molecule has 4 nitrogen and oxygen atoms in total. The van der Waals surface area contributed by atoms with Crippen LogP contribution in [0.1, 0.15) is 18.4 Å². The third-order valence-electron chi connectivity index (χ3n) is 4.32. The molecule has 1 aromatic rings. The molecule has 2 heterocycles. The van der Waals surface area contributed by atoms with E-state index in [-0.39, 0.29) is 11.9 Å². The fraction of sp³-hybridized carbons (Fsp3) is 0.533. The standard InChI is InChI=1S/C15H17F3N2O2/c16-15(17,18)10-1-3-11(4-2-10)20-8-6-13(14(20)22)19-7-5-12(21)9-19/h1-4,12-13,21H,5-9H2/t12-,13?/m0/s1. The highest BCUT2D eigenvalue weighted by atomic mass is 19.4. The number of carbonyl (C=O) groups is 1. The average Bonchev–Trinajstić information content (AvgIpc) is 3.04. The maximum absolute atomic E-state index is 12.6. The fourth-order valence-electron chi connectivity index (χ4n) is 3.14. The summed E-state index contributed by atoms with van der Waals surface area (Å²) in [5.41, 5.74) is -0.234. The molecule has 0 aliphatic carbocycles. The third-order valence-corrected chi connectivity index (χ3v) is 4.32. The molecule has 120 valence electrons. The molecular weight excluding hydrogens is 297 g/mol. The van der Waals surface area contributed by atoms with Crippen molar-refractivity contribution >= 4 is 11.6 Å². The van der Waals surface area contributed by atoms with Crippen LogP contribution in [-0.2, 0) is 11.0 Å². The van der Waals surface area contributed by atoms with Gasteiger partial charge in [0.2, 0.25) is 5.91 Å². The molecule has 3 rings (SSSR count). The second kappa shape index (κ2) is 5.55. The third kappa shape index (κ3) is 2.83. The van der Waals surface area contributed by atoms with E-state index >= 15 is 0 Å². The van der Waals surface area contributed by atoms with Crippen LogP contribution in [-0.4, -0.2) is 47.7 Å². The van der Waals surface area contributed by atoms with Gasteiger partial charge in [0.05, 0.1) is 17.7 Å². The van der Waals surface area contributed by atoms with Crippen LogP contribution >= 0.6 is 0 Å². The smallest absolute Gasteiger partial charge is 0.392 e. The van der Waals surface area contributed by atoms with Crippen LogP contribution in [0.4, 0.5) is 18.9 Å². The number of nitrogens with zero attached hydrogens (tertiary/aromatic N) is 2. The number of amides is 1. The lowest BCUT2D eigenvalue weighted by molar-refractivity contribution is -0.137. The summed E-state index contributed by atoms with van der Waals surface area (Å²) in [7, 11) is 0. The van der Waals surface area contributed by atoms with E-state index in [1.54, 1.807) is 0 Å². The van der Waals surface area contributed by atoms with Crippen molar-refractivity contribution < 1.29 is 23.1 Å². The van der Waals surface area contributed by atoms with Crippen molar-refractivity contribution in [2.24, 2.45) is 0 Å². The SMILES string of the molecule is O=C1C(N2CC[C@H](O)C2)CCN1c1ccc(C(F)(F)F)cc1. The van der Waals surface area contributed by atoms with Gasteiger partial charge >= 0.3 is 6.18 Å². The van der Waals surface area contributed by atoms with Crippen LogP contribution in [0.5, 0.6) is 0 Å². The molecule has 7 heteroatoms. The molecule has 0 bridgehead atoms. The Balaban J connectivity index is 1.72. The molecule has 1 unspecified atom stereocenters. The van der Waals surface area contributed by atoms with E-state index in [4.69, 9.17) is 0 Å². The number of likely N-dealkylation sites (tertiary alicyclic amines) is 1. The molecule has 2 fully saturated rings. The van der Waals surface area contributed by atoms with Crippen molar-refractivity contribution in [3.8, 4) is 0 Å². The lowest BCUT2D eigenvalue weighted by Crippen LogP contribution is -2.41. The van der Waals surface area contributed by atoms with Gasteiger partial charge in [0.25, 0.3) is 0 Å². The quantitative estimate of drug-likeness (QED) is 0.906. The number of β-amino-alcohol motifs (C(OH)–C–C–N with tert-alkyl or cyclic N) is 1. The van der Waals surface area contributed by atoms with Gasteiger partial charge in [0, 0.05) is 25.3 Å². The molecule has 1 amide bonds. The van der Waals surface area contributed by atoms with E-state index < -0.39 is 17.8 Å². The van der Waals surface area contributed by atoms with Gasteiger partial charge in [-0.3, -0.25) is 9.69 Å². The largest absolute Gasteiger partial charge is 0.416 e.